The van der Waals surface area contributed by atoms with Crippen LogP contribution in [0.2, 0.25) is 0 Å². The molecule has 0 atom stereocenters. The molecule has 1 aliphatic carbocycles. The summed E-state index contributed by atoms with van der Waals surface area (Å²) in [5, 5.41) is 14.3. The van der Waals surface area contributed by atoms with Crippen LogP contribution in [0.3, 0.4) is 0 Å². The number of nitrogens with zero attached hydrogens (tertiary/aromatic N) is 1. The molecule has 0 bridgehead atoms. The Balaban J connectivity index is 1.90. The Morgan fingerprint density at radius 1 is 1.53 bits per heavy atom. The lowest BCUT2D eigenvalue weighted by Gasteiger charge is -2.24. The molecule has 1 aromatic rings. The molecule has 0 radical (unpaired) electrons. The van der Waals surface area contributed by atoms with E-state index in [1.807, 2.05) is 11.4 Å². The van der Waals surface area contributed by atoms with Gasteiger partial charge in [0.2, 0.25) is 0 Å². The predicted octanol–water partition coefficient (Wildman–Crippen LogP) is 3.04. The Kier molecular flexibility index (Phi) is 3.08. The molecule has 2 nitrogen and oxygen atoms in total. The van der Waals surface area contributed by atoms with Crippen LogP contribution in [-0.4, -0.2) is 5.54 Å². The van der Waals surface area contributed by atoms with Crippen molar-refractivity contribution in [3.63, 3.8) is 0 Å². The Morgan fingerprint density at radius 3 is 2.87 bits per heavy atom. The monoisotopic (exact) mass is 220 g/mol. The number of hydrogen-bond acceptors (Lipinski definition) is 3. The van der Waals surface area contributed by atoms with Crippen molar-refractivity contribution in [1.29, 1.82) is 5.26 Å². The number of nitriles is 1. The van der Waals surface area contributed by atoms with Gasteiger partial charge in [0.05, 0.1) is 5.56 Å². The largest absolute Gasteiger partial charge is 0.307 e. The first kappa shape index (κ1) is 10.7. The van der Waals surface area contributed by atoms with Crippen LogP contribution in [0.1, 0.15) is 43.0 Å². The summed E-state index contributed by atoms with van der Waals surface area (Å²) in [7, 11) is 0. The van der Waals surface area contributed by atoms with Gasteiger partial charge in [0.1, 0.15) is 6.07 Å². The highest BCUT2D eigenvalue weighted by molar-refractivity contribution is 7.10. The lowest BCUT2D eigenvalue weighted by molar-refractivity contribution is 0.364. The first-order valence-electron chi connectivity index (χ1n) is 5.44. The molecule has 0 amide bonds. The minimum atomic E-state index is 0.330. The molecule has 0 aliphatic heterocycles. The average Bonchev–Trinajstić information content (AvgIpc) is 2.84. The highest BCUT2D eigenvalue weighted by Crippen LogP contribution is 2.29. The molecule has 0 aromatic carbocycles. The Bertz CT molecular complexity index is 369. The summed E-state index contributed by atoms with van der Waals surface area (Å²) in [5.74, 6) is 0. The molecule has 1 N–H and O–H groups in total. The van der Waals surface area contributed by atoms with Crippen molar-refractivity contribution in [2.24, 2.45) is 0 Å². The minimum Gasteiger partial charge on any atom is -0.307 e. The predicted molar refractivity (Wildman–Crippen MR) is 62.7 cm³/mol. The zero-order valence-corrected chi connectivity index (χ0v) is 9.86. The third-order valence-corrected chi connectivity index (χ3v) is 4.12. The van der Waals surface area contributed by atoms with Gasteiger partial charge in [-0.3, -0.25) is 0 Å². The molecule has 80 valence electrons. The summed E-state index contributed by atoms with van der Waals surface area (Å²) in [6.07, 6.45) is 5.25. The molecule has 1 saturated carbocycles. The van der Waals surface area contributed by atoms with Crippen molar-refractivity contribution in [2.45, 2.75) is 44.7 Å². The molecule has 3 heteroatoms. The van der Waals surface area contributed by atoms with E-state index in [1.54, 1.807) is 11.3 Å². The lowest BCUT2D eigenvalue weighted by atomic mass is 10.0. The molecule has 1 heterocycles. The van der Waals surface area contributed by atoms with Crippen LogP contribution >= 0.6 is 11.3 Å². The van der Waals surface area contributed by atoms with Crippen LogP contribution in [0, 0.1) is 11.3 Å². The van der Waals surface area contributed by atoms with Crippen LogP contribution in [0.15, 0.2) is 11.4 Å². The van der Waals surface area contributed by atoms with E-state index in [9.17, 15) is 0 Å². The molecule has 1 aromatic heterocycles. The van der Waals surface area contributed by atoms with Crippen molar-refractivity contribution >= 4 is 11.3 Å². The highest BCUT2D eigenvalue weighted by atomic mass is 32.1. The Labute approximate surface area is 94.9 Å². The van der Waals surface area contributed by atoms with Gasteiger partial charge >= 0.3 is 0 Å². The fraction of sp³-hybridized carbons (Fsp3) is 0.583. The molecule has 2 rings (SSSR count). The van der Waals surface area contributed by atoms with Crippen molar-refractivity contribution in [3.05, 3.63) is 21.9 Å². The quantitative estimate of drug-likeness (QED) is 0.850. The number of nitrogens with one attached hydrogen (secondary N) is 1. The van der Waals surface area contributed by atoms with E-state index in [1.165, 1.54) is 30.6 Å². The maximum absolute atomic E-state index is 8.72. The van der Waals surface area contributed by atoms with Gasteiger partial charge in [-0.25, -0.2) is 0 Å². The van der Waals surface area contributed by atoms with Gasteiger partial charge in [-0.2, -0.15) is 5.26 Å². The standard InChI is InChI=1S/C12H16N2S/c1-12(4-2-3-5-12)14-8-11-6-10(7-13)9-15-11/h6,9,14H,2-5,8H2,1H3. The van der Waals surface area contributed by atoms with E-state index in [0.717, 1.165) is 12.1 Å². The third kappa shape index (κ3) is 2.58. The zero-order valence-electron chi connectivity index (χ0n) is 9.05. The molecule has 15 heavy (non-hydrogen) atoms. The van der Waals surface area contributed by atoms with E-state index in [2.05, 4.69) is 18.3 Å². The topological polar surface area (TPSA) is 35.8 Å². The zero-order chi connectivity index (χ0) is 10.7. The Morgan fingerprint density at radius 2 is 2.27 bits per heavy atom. The van der Waals surface area contributed by atoms with Gasteiger partial charge in [0.15, 0.2) is 0 Å². The summed E-state index contributed by atoms with van der Waals surface area (Å²) in [4.78, 5) is 1.26. The van der Waals surface area contributed by atoms with Crippen LogP contribution in [0.5, 0.6) is 0 Å². The van der Waals surface area contributed by atoms with Crippen LogP contribution in [0.4, 0.5) is 0 Å². The number of thiophene rings is 1. The highest BCUT2D eigenvalue weighted by Gasteiger charge is 2.27. The fourth-order valence-electron chi connectivity index (χ4n) is 2.16. The van der Waals surface area contributed by atoms with Gasteiger partial charge in [-0.1, -0.05) is 12.8 Å². The summed E-state index contributed by atoms with van der Waals surface area (Å²) in [5.41, 5.74) is 1.12. The summed E-state index contributed by atoms with van der Waals surface area (Å²) in [6, 6.07) is 4.15. The van der Waals surface area contributed by atoms with E-state index >= 15 is 0 Å². The molecule has 1 fully saturated rings. The molecule has 0 unspecified atom stereocenters. The molecule has 0 spiro atoms. The van der Waals surface area contributed by atoms with E-state index < -0.39 is 0 Å². The van der Waals surface area contributed by atoms with Gasteiger partial charge in [0.25, 0.3) is 0 Å². The first-order chi connectivity index (χ1) is 7.22. The average molecular weight is 220 g/mol. The van der Waals surface area contributed by atoms with E-state index in [0.29, 0.717) is 5.54 Å². The SMILES string of the molecule is CC1(NCc2cc(C#N)cs2)CCCC1. The van der Waals surface area contributed by atoms with Crippen LogP contribution in [-0.2, 0) is 6.54 Å². The fourth-order valence-corrected chi connectivity index (χ4v) is 2.91. The maximum atomic E-state index is 8.72. The van der Waals surface area contributed by atoms with Crippen molar-refractivity contribution in [2.75, 3.05) is 0 Å². The maximum Gasteiger partial charge on any atom is 0.100 e. The van der Waals surface area contributed by atoms with Crippen molar-refractivity contribution in [3.8, 4) is 6.07 Å². The van der Waals surface area contributed by atoms with Gasteiger partial charge in [0, 0.05) is 22.3 Å². The second-order valence-corrected chi connectivity index (χ2v) is 5.53. The van der Waals surface area contributed by atoms with Gasteiger partial charge in [-0.05, 0) is 25.8 Å². The van der Waals surface area contributed by atoms with Gasteiger partial charge in [-0.15, -0.1) is 11.3 Å². The second kappa shape index (κ2) is 4.34. The Hall–Kier alpha value is -0.850. The molecular formula is C12H16N2S. The molecule has 1 aliphatic rings. The molecule has 0 saturated heterocycles. The molecular weight excluding hydrogens is 204 g/mol. The van der Waals surface area contributed by atoms with Crippen LogP contribution < -0.4 is 5.32 Å². The minimum absolute atomic E-state index is 0.330. The summed E-state index contributed by atoms with van der Waals surface area (Å²) in [6.45, 7) is 3.21. The third-order valence-electron chi connectivity index (χ3n) is 3.18. The summed E-state index contributed by atoms with van der Waals surface area (Å²) < 4.78 is 0. The van der Waals surface area contributed by atoms with Crippen molar-refractivity contribution in [1.82, 2.24) is 5.32 Å². The van der Waals surface area contributed by atoms with Crippen molar-refractivity contribution < 1.29 is 0 Å². The van der Waals surface area contributed by atoms with E-state index in [4.69, 9.17) is 5.26 Å². The second-order valence-electron chi connectivity index (χ2n) is 4.53. The van der Waals surface area contributed by atoms with Gasteiger partial charge < -0.3 is 5.32 Å². The normalized spacial score (nSPS) is 18.9. The van der Waals surface area contributed by atoms with E-state index in [-0.39, 0.29) is 0 Å². The van der Waals surface area contributed by atoms with Crippen LogP contribution in [0.25, 0.3) is 0 Å². The number of rotatable bonds is 3. The summed E-state index contributed by atoms with van der Waals surface area (Å²) >= 11 is 1.67. The number of hydrogen-bond donors (Lipinski definition) is 1. The lowest BCUT2D eigenvalue weighted by Crippen LogP contribution is -2.38. The smallest absolute Gasteiger partial charge is 0.100 e. The first-order valence-corrected chi connectivity index (χ1v) is 6.32.